The Morgan fingerprint density at radius 2 is 1.69 bits per heavy atom. The lowest BCUT2D eigenvalue weighted by Gasteiger charge is -2.32. The van der Waals surface area contributed by atoms with Crippen LogP contribution in [0.4, 0.5) is 0 Å². The Balaban J connectivity index is 1.66. The first-order valence-electron chi connectivity index (χ1n) is 9.55. The van der Waals surface area contributed by atoms with Crippen LogP contribution in [0.15, 0.2) is 24.3 Å². The molecule has 26 heavy (non-hydrogen) atoms. The molecule has 0 unspecified atom stereocenters. The lowest BCUT2D eigenvalue weighted by molar-refractivity contribution is -0.132. The number of nitrogens with zero attached hydrogens (tertiary/aromatic N) is 1. The van der Waals surface area contributed by atoms with Gasteiger partial charge < -0.3 is 19.7 Å². The molecule has 1 aromatic carbocycles. The van der Waals surface area contributed by atoms with Crippen LogP contribution in [0.2, 0.25) is 0 Å². The summed E-state index contributed by atoms with van der Waals surface area (Å²) in [5.41, 5.74) is 0. The fourth-order valence-electron chi connectivity index (χ4n) is 2.98. The van der Waals surface area contributed by atoms with Crippen molar-refractivity contribution in [3.8, 4) is 11.5 Å². The SMILES string of the molecule is CCCCC(=O)N1CCC(NC(=O)COc2ccc(OCC)cc2)CC1. The normalized spacial score (nSPS) is 14.8. The summed E-state index contributed by atoms with van der Waals surface area (Å²) in [7, 11) is 0. The van der Waals surface area contributed by atoms with E-state index in [0.29, 0.717) is 31.9 Å². The van der Waals surface area contributed by atoms with Crippen LogP contribution in [0.1, 0.15) is 46.0 Å². The molecule has 0 bridgehead atoms. The zero-order valence-electron chi connectivity index (χ0n) is 15.8. The smallest absolute Gasteiger partial charge is 0.258 e. The molecule has 0 aromatic heterocycles. The number of nitrogens with one attached hydrogen (secondary N) is 1. The van der Waals surface area contributed by atoms with Gasteiger partial charge in [0.15, 0.2) is 6.61 Å². The third-order valence-electron chi connectivity index (χ3n) is 4.46. The van der Waals surface area contributed by atoms with Crippen LogP contribution < -0.4 is 14.8 Å². The fraction of sp³-hybridized carbons (Fsp3) is 0.600. The van der Waals surface area contributed by atoms with Gasteiger partial charge in [0, 0.05) is 25.6 Å². The van der Waals surface area contributed by atoms with Crippen molar-refractivity contribution in [2.45, 2.75) is 52.0 Å². The van der Waals surface area contributed by atoms with Crippen LogP contribution in [-0.2, 0) is 9.59 Å². The van der Waals surface area contributed by atoms with Crippen molar-refractivity contribution in [1.82, 2.24) is 10.2 Å². The standard InChI is InChI=1S/C20H30N2O4/c1-3-5-6-20(24)22-13-11-16(12-14-22)21-19(23)15-26-18-9-7-17(8-10-18)25-4-2/h7-10,16H,3-6,11-15H2,1-2H3,(H,21,23). The highest BCUT2D eigenvalue weighted by molar-refractivity contribution is 5.78. The van der Waals surface area contributed by atoms with Crippen molar-refractivity contribution in [3.05, 3.63) is 24.3 Å². The Hall–Kier alpha value is -2.24. The topological polar surface area (TPSA) is 67.9 Å². The molecule has 1 aliphatic rings. The van der Waals surface area contributed by atoms with Crippen molar-refractivity contribution in [3.63, 3.8) is 0 Å². The molecule has 144 valence electrons. The third-order valence-corrected chi connectivity index (χ3v) is 4.46. The Morgan fingerprint density at radius 1 is 1.08 bits per heavy atom. The number of piperidine rings is 1. The lowest BCUT2D eigenvalue weighted by Crippen LogP contribution is -2.47. The molecule has 0 atom stereocenters. The summed E-state index contributed by atoms with van der Waals surface area (Å²) in [6.07, 6.45) is 4.20. The van der Waals surface area contributed by atoms with Gasteiger partial charge in [0.05, 0.1) is 6.61 Å². The van der Waals surface area contributed by atoms with Crippen molar-refractivity contribution in [2.75, 3.05) is 26.3 Å². The first kappa shape index (κ1) is 20.1. The van der Waals surface area contributed by atoms with Crippen molar-refractivity contribution >= 4 is 11.8 Å². The monoisotopic (exact) mass is 362 g/mol. The highest BCUT2D eigenvalue weighted by Crippen LogP contribution is 2.17. The zero-order chi connectivity index (χ0) is 18.8. The van der Waals surface area contributed by atoms with E-state index in [1.54, 1.807) is 12.1 Å². The van der Waals surface area contributed by atoms with Crippen molar-refractivity contribution in [2.24, 2.45) is 0 Å². The predicted molar refractivity (Wildman–Crippen MR) is 100 cm³/mol. The van der Waals surface area contributed by atoms with Crippen LogP contribution in [0, 0.1) is 0 Å². The molecule has 1 fully saturated rings. The van der Waals surface area contributed by atoms with E-state index in [1.165, 1.54) is 0 Å². The van der Waals surface area contributed by atoms with Crippen LogP contribution in [0.25, 0.3) is 0 Å². The molecule has 1 aliphatic heterocycles. The van der Waals surface area contributed by atoms with Gasteiger partial charge in [-0.2, -0.15) is 0 Å². The molecule has 1 heterocycles. The average Bonchev–Trinajstić information content (AvgIpc) is 2.66. The van der Waals surface area contributed by atoms with Gasteiger partial charge in [0.2, 0.25) is 5.91 Å². The molecule has 1 N–H and O–H groups in total. The Bertz CT molecular complexity index is 566. The molecule has 0 radical (unpaired) electrons. The van der Waals surface area contributed by atoms with E-state index >= 15 is 0 Å². The molecule has 1 saturated heterocycles. The summed E-state index contributed by atoms with van der Waals surface area (Å²) in [6.45, 7) is 6.06. The van der Waals surface area contributed by atoms with Crippen LogP contribution >= 0.6 is 0 Å². The summed E-state index contributed by atoms with van der Waals surface area (Å²) >= 11 is 0. The van der Waals surface area contributed by atoms with Crippen LogP contribution in [-0.4, -0.2) is 49.1 Å². The lowest BCUT2D eigenvalue weighted by atomic mass is 10.0. The molecule has 6 heteroatoms. The molecule has 2 rings (SSSR count). The average molecular weight is 362 g/mol. The van der Waals surface area contributed by atoms with Crippen LogP contribution in [0.3, 0.4) is 0 Å². The van der Waals surface area contributed by atoms with Gasteiger partial charge >= 0.3 is 0 Å². The van der Waals surface area contributed by atoms with E-state index in [2.05, 4.69) is 12.2 Å². The predicted octanol–water partition coefficient (Wildman–Crippen LogP) is 2.76. The maximum absolute atomic E-state index is 12.1. The molecule has 0 saturated carbocycles. The number of likely N-dealkylation sites (tertiary alicyclic amines) is 1. The third kappa shape index (κ3) is 6.58. The molecule has 6 nitrogen and oxygen atoms in total. The molecular weight excluding hydrogens is 332 g/mol. The maximum Gasteiger partial charge on any atom is 0.258 e. The summed E-state index contributed by atoms with van der Waals surface area (Å²) < 4.78 is 10.9. The number of benzene rings is 1. The number of hydrogen-bond acceptors (Lipinski definition) is 4. The molecule has 0 spiro atoms. The highest BCUT2D eigenvalue weighted by Gasteiger charge is 2.23. The molecule has 0 aliphatic carbocycles. The fourth-order valence-corrected chi connectivity index (χ4v) is 2.98. The second-order valence-electron chi connectivity index (χ2n) is 6.52. The minimum atomic E-state index is -0.130. The van der Waals surface area contributed by atoms with Crippen molar-refractivity contribution in [1.29, 1.82) is 0 Å². The molecule has 2 amide bonds. The van der Waals surface area contributed by atoms with Gasteiger partial charge in [-0.25, -0.2) is 0 Å². The number of ether oxygens (including phenoxy) is 2. The Kier molecular flexibility index (Phi) is 8.25. The summed E-state index contributed by atoms with van der Waals surface area (Å²) in [6, 6.07) is 7.34. The first-order valence-corrected chi connectivity index (χ1v) is 9.55. The van der Waals surface area contributed by atoms with E-state index in [1.807, 2.05) is 24.0 Å². The van der Waals surface area contributed by atoms with E-state index in [0.717, 1.165) is 31.4 Å². The zero-order valence-corrected chi connectivity index (χ0v) is 15.8. The summed E-state index contributed by atoms with van der Waals surface area (Å²) in [5.74, 6) is 1.52. The van der Waals surface area contributed by atoms with E-state index in [9.17, 15) is 9.59 Å². The van der Waals surface area contributed by atoms with E-state index in [-0.39, 0.29) is 24.5 Å². The molecule has 1 aromatic rings. The second kappa shape index (κ2) is 10.7. The minimum Gasteiger partial charge on any atom is -0.494 e. The van der Waals surface area contributed by atoms with Gasteiger partial charge in [0.1, 0.15) is 11.5 Å². The maximum atomic E-state index is 12.1. The molecular formula is C20H30N2O4. The van der Waals surface area contributed by atoms with E-state index in [4.69, 9.17) is 9.47 Å². The number of carbonyl (C=O) groups excluding carboxylic acids is 2. The van der Waals surface area contributed by atoms with Gasteiger partial charge in [-0.1, -0.05) is 13.3 Å². The van der Waals surface area contributed by atoms with Crippen LogP contribution in [0.5, 0.6) is 11.5 Å². The first-order chi connectivity index (χ1) is 12.6. The number of carbonyl (C=O) groups is 2. The number of unbranched alkanes of at least 4 members (excludes halogenated alkanes) is 1. The quantitative estimate of drug-likeness (QED) is 0.733. The summed E-state index contributed by atoms with van der Waals surface area (Å²) in [4.78, 5) is 26.0. The Morgan fingerprint density at radius 3 is 2.27 bits per heavy atom. The van der Waals surface area contributed by atoms with E-state index < -0.39 is 0 Å². The highest BCUT2D eigenvalue weighted by atomic mass is 16.5. The van der Waals surface area contributed by atoms with Crippen molar-refractivity contribution < 1.29 is 19.1 Å². The van der Waals surface area contributed by atoms with Gasteiger partial charge in [0.25, 0.3) is 5.91 Å². The summed E-state index contributed by atoms with van der Waals surface area (Å²) in [5, 5.41) is 3.00. The van der Waals surface area contributed by atoms with Gasteiger partial charge in [-0.3, -0.25) is 9.59 Å². The minimum absolute atomic E-state index is 0.0103. The second-order valence-corrected chi connectivity index (χ2v) is 6.52. The van der Waals surface area contributed by atoms with Gasteiger partial charge in [-0.05, 0) is 50.5 Å². The largest absolute Gasteiger partial charge is 0.494 e. The van der Waals surface area contributed by atoms with Gasteiger partial charge in [-0.15, -0.1) is 0 Å². The number of hydrogen-bond donors (Lipinski definition) is 1. The Labute approximate surface area is 155 Å². The number of rotatable bonds is 9. The number of amides is 2.